The van der Waals surface area contributed by atoms with E-state index in [0.717, 1.165) is 6.07 Å². The van der Waals surface area contributed by atoms with Crippen molar-refractivity contribution in [3.63, 3.8) is 0 Å². The van der Waals surface area contributed by atoms with E-state index >= 15 is 0 Å². The fourth-order valence-electron chi connectivity index (χ4n) is 1.39. The van der Waals surface area contributed by atoms with Crippen LogP contribution in [0.2, 0.25) is 0 Å². The van der Waals surface area contributed by atoms with E-state index in [4.69, 9.17) is 10.5 Å². The molecule has 0 aliphatic carbocycles. The molecule has 0 bridgehead atoms. The van der Waals surface area contributed by atoms with Crippen LogP contribution in [0.25, 0.3) is 0 Å². The van der Waals surface area contributed by atoms with E-state index in [-0.39, 0.29) is 25.4 Å². The zero-order valence-corrected chi connectivity index (χ0v) is 11.2. The van der Waals surface area contributed by atoms with Gasteiger partial charge in [-0.05, 0) is 12.1 Å². The van der Waals surface area contributed by atoms with Gasteiger partial charge in [0.2, 0.25) is 15.7 Å². The molecule has 20 heavy (non-hydrogen) atoms. The lowest BCUT2D eigenvalue weighted by Gasteiger charge is -2.12. The predicted molar refractivity (Wildman–Crippen MR) is 68.1 cm³/mol. The summed E-state index contributed by atoms with van der Waals surface area (Å²) in [5.41, 5.74) is 4.90. The predicted octanol–water partition coefficient (Wildman–Crippen LogP) is 0.597. The Morgan fingerprint density at radius 1 is 1.35 bits per heavy atom. The molecule has 6 nitrogen and oxygen atoms in total. The molecule has 9 heteroatoms. The minimum Gasteiger partial charge on any atom is -0.382 e. The molecule has 0 aliphatic rings. The van der Waals surface area contributed by atoms with Crippen LogP contribution < -0.4 is 11.1 Å². The number of rotatable bonds is 8. The zero-order valence-electron chi connectivity index (χ0n) is 10.4. The van der Waals surface area contributed by atoms with Crippen LogP contribution in [0.1, 0.15) is 0 Å². The Hall–Kier alpha value is -1.74. The topological polar surface area (TPSA) is 98.5 Å². The molecule has 0 heterocycles. The number of primary amides is 1. The van der Waals surface area contributed by atoms with Gasteiger partial charge in [0.1, 0.15) is 6.61 Å². The molecule has 0 aromatic heterocycles. The number of nitrogens with two attached hydrogens (primary N) is 1. The van der Waals surface area contributed by atoms with Crippen LogP contribution in [0.3, 0.4) is 0 Å². The smallest absolute Gasteiger partial charge is 0.341 e. The molecule has 1 aromatic rings. The number of para-hydroxylation sites is 1. The van der Waals surface area contributed by atoms with E-state index in [9.17, 15) is 22.0 Å². The molecule has 0 spiro atoms. The first-order chi connectivity index (χ1) is 9.35. The third-order valence-electron chi connectivity index (χ3n) is 2.23. The lowest BCUT2D eigenvalue weighted by Crippen LogP contribution is -2.21. The van der Waals surface area contributed by atoms with Crippen molar-refractivity contribution >= 4 is 21.4 Å². The summed E-state index contributed by atoms with van der Waals surface area (Å²) >= 11 is 0. The Morgan fingerprint density at radius 2 is 2.00 bits per heavy atom. The third-order valence-corrected chi connectivity index (χ3v) is 3.67. The number of alkyl halides is 2. The van der Waals surface area contributed by atoms with E-state index in [1.165, 1.54) is 18.2 Å². The molecular formula is C11H14F2N2O4S. The van der Waals surface area contributed by atoms with Crippen molar-refractivity contribution in [2.75, 3.05) is 25.1 Å². The molecule has 0 saturated carbocycles. The summed E-state index contributed by atoms with van der Waals surface area (Å²) in [6.45, 7) is -0.0479. The van der Waals surface area contributed by atoms with E-state index < -0.39 is 26.4 Å². The lowest BCUT2D eigenvalue weighted by molar-refractivity contribution is -0.122. The number of amides is 1. The highest BCUT2D eigenvalue weighted by atomic mass is 32.2. The number of benzene rings is 1. The maximum absolute atomic E-state index is 12.5. The van der Waals surface area contributed by atoms with Gasteiger partial charge < -0.3 is 15.8 Å². The molecule has 0 saturated heterocycles. The van der Waals surface area contributed by atoms with E-state index in [1.807, 2.05) is 0 Å². The van der Waals surface area contributed by atoms with Crippen molar-refractivity contribution in [3.8, 4) is 0 Å². The van der Waals surface area contributed by atoms with Gasteiger partial charge in [-0.15, -0.1) is 0 Å². The van der Waals surface area contributed by atoms with Gasteiger partial charge in [-0.2, -0.15) is 8.78 Å². The molecule has 1 amide bonds. The highest BCUT2D eigenvalue weighted by Crippen LogP contribution is 2.25. The van der Waals surface area contributed by atoms with Gasteiger partial charge in [0, 0.05) is 6.54 Å². The number of carbonyl (C=O) groups excluding carboxylic acids is 1. The molecular weight excluding hydrogens is 294 g/mol. The van der Waals surface area contributed by atoms with Crippen LogP contribution in [-0.4, -0.2) is 39.8 Å². The molecule has 0 atom stereocenters. The van der Waals surface area contributed by atoms with Crippen molar-refractivity contribution < 1.29 is 26.7 Å². The first kappa shape index (κ1) is 16.3. The molecule has 1 aromatic carbocycles. The number of sulfone groups is 1. The Balaban J connectivity index is 2.70. The average Bonchev–Trinajstić information content (AvgIpc) is 2.38. The quantitative estimate of drug-likeness (QED) is 0.685. The summed E-state index contributed by atoms with van der Waals surface area (Å²) < 4.78 is 52.8. The summed E-state index contributed by atoms with van der Waals surface area (Å²) in [7, 11) is -4.67. The largest absolute Gasteiger partial charge is 0.382 e. The fourth-order valence-corrected chi connectivity index (χ4v) is 2.29. The second kappa shape index (κ2) is 7.15. The minimum atomic E-state index is -4.67. The third kappa shape index (κ3) is 4.42. The molecule has 0 fully saturated rings. The van der Waals surface area contributed by atoms with Crippen molar-refractivity contribution in [3.05, 3.63) is 24.3 Å². The summed E-state index contributed by atoms with van der Waals surface area (Å²) in [4.78, 5) is 9.93. The lowest BCUT2D eigenvalue weighted by atomic mass is 10.3. The van der Waals surface area contributed by atoms with Gasteiger partial charge in [0.25, 0.3) is 0 Å². The van der Waals surface area contributed by atoms with Gasteiger partial charge in [-0.1, -0.05) is 12.1 Å². The average molecular weight is 308 g/mol. The van der Waals surface area contributed by atoms with Crippen LogP contribution >= 0.6 is 0 Å². The summed E-state index contributed by atoms with van der Waals surface area (Å²) in [6.07, 6.45) is 0. The Bertz CT molecular complexity index is 563. The summed E-state index contributed by atoms with van der Waals surface area (Å²) in [5.74, 6) is -4.12. The molecule has 3 N–H and O–H groups in total. The number of nitrogens with one attached hydrogen (secondary N) is 1. The van der Waals surface area contributed by atoms with Crippen LogP contribution in [-0.2, 0) is 19.4 Å². The number of hydrogen-bond acceptors (Lipinski definition) is 5. The number of halogens is 2. The Labute approximate surface area is 114 Å². The van der Waals surface area contributed by atoms with Gasteiger partial charge in [-0.25, -0.2) is 8.42 Å². The monoisotopic (exact) mass is 308 g/mol. The van der Waals surface area contributed by atoms with Gasteiger partial charge in [0.05, 0.1) is 17.2 Å². The van der Waals surface area contributed by atoms with Crippen molar-refractivity contribution in [1.82, 2.24) is 0 Å². The molecule has 0 radical (unpaired) electrons. The highest BCUT2D eigenvalue weighted by Gasteiger charge is 2.28. The van der Waals surface area contributed by atoms with Gasteiger partial charge in [0.15, 0.2) is 0 Å². The second-order valence-corrected chi connectivity index (χ2v) is 5.63. The van der Waals surface area contributed by atoms with E-state index in [2.05, 4.69) is 5.32 Å². The summed E-state index contributed by atoms with van der Waals surface area (Å²) in [5, 5.41) is 2.66. The molecule has 112 valence electrons. The standard InChI is InChI=1S/C11H14F2N2O4S/c12-11(13)20(17,18)9-4-2-1-3-8(9)15-5-6-19-7-10(14)16/h1-4,11,15H,5-7H2,(H2,14,16). The molecule has 1 rings (SSSR count). The first-order valence-corrected chi connectivity index (χ1v) is 7.11. The van der Waals surface area contributed by atoms with E-state index in [0.29, 0.717) is 0 Å². The highest BCUT2D eigenvalue weighted by molar-refractivity contribution is 7.91. The van der Waals surface area contributed by atoms with E-state index in [1.54, 1.807) is 0 Å². The molecule has 0 aliphatic heterocycles. The number of ether oxygens (including phenoxy) is 1. The fraction of sp³-hybridized carbons (Fsp3) is 0.364. The maximum atomic E-state index is 12.5. The van der Waals surface area contributed by atoms with Gasteiger partial charge >= 0.3 is 5.76 Å². The normalized spacial score (nSPS) is 11.6. The Kier molecular flexibility index (Phi) is 5.83. The first-order valence-electron chi connectivity index (χ1n) is 5.56. The zero-order chi connectivity index (χ0) is 15.2. The Morgan fingerprint density at radius 3 is 2.60 bits per heavy atom. The second-order valence-electron chi connectivity index (χ2n) is 3.75. The van der Waals surface area contributed by atoms with Crippen LogP contribution in [0.5, 0.6) is 0 Å². The van der Waals surface area contributed by atoms with Crippen LogP contribution in [0, 0.1) is 0 Å². The maximum Gasteiger partial charge on any atom is 0.341 e. The van der Waals surface area contributed by atoms with Crippen molar-refractivity contribution in [2.24, 2.45) is 5.73 Å². The van der Waals surface area contributed by atoms with Crippen LogP contribution in [0.15, 0.2) is 29.2 Å². The van der Waals surface area contributed by atoms with Crippen molar-refractivity contribution in [1.29, 1.82) is 0 Å². The number of anilines is 1. The van der Waals surface area contributed by atoms with Crippen LogP contribution in [0.4, 0.5) is 14.5 Å². The SMILES string of the molecule is NC(=O)COCCNc1ccccc1S(=O)(=O)C(F)F. The van der Waals surface area contributed by atoms with Gasteiger partial charge in [-0.3, -0.25) is 4.79 Å². The number of hydrogen-bond donors (Lipinski definition) is 2. The molecule has 0 unspecified atom stereocenters. The van der Waals surface area contributed by atoms with Crippen molar-refractivity contribution in [2.45, 2.75) is 10.7 Å². The minimum absolute atomic E-state index is 0.0514. The number of carbonyl (C=O) groups is 1. The summed E-state index contributed by atoms with van der Waals surface area (Å²) in [6, 6.07) is 5.32.